The monoisotopic (exact) mass is 344 g/mol. The van der Waals surface area contributed by atoms with Gasteiger partial charge in [0.05, 0.1) is 12.2 Å². The van der Waals surface area contributed by atoms with Crippen LogP contribution < -0.4 is 5.11 Å². The van der Waals surface area contributed by atoms with Gasteiger partial charge in [-0.3, -0.25) is 4.98 Å². The van der Waals surface area contributed by atoms with Gasteiger partial charge in [0.2, 0.25) is 5.16 Å². The van der Waals surface area contributed by atoms with E-state index in [1.54, 1.807) is 23.3 Å². The Labute approximate surface area is 144 Å². The Bertz CT molecular complexity index is 711. The highest BCUT2D eigenvalue weighted by atomic mass is 32.2. The molecule has 0 aliphatic heterocycles. The molecule has 0 bridgehead atoms. The number of carbonyl (C=O) groups excluding carboxylic acids is 1. The fourth-order valence-electron chi connectivity index (χ4n) is 2.79. The first-order valence-electron chi connectivity index (χ1n) is 7.96. The molecule has 2 aromatic heterocycles. The topological polar surface area (TPSA) is 96.1 Å². The number of rotatable bonds is 6. The Morgan fingerprint density at radius 1 is 1.29 bits per heavy atom. The van der Waals surface area contributed by atoms with E-state index >= 15 is 0 Å². The van der Waals surface area contributed by atoms with Gasteiger partial charge in [0, 0.05) is 24.1 Å². The molecule has 0 spiro atoms. The molecule has 8 heteroatoms. The maximum atomic E-state index is 10.7. The second-order valence-electron chi connectivity index (χ2n) is 5.67. The molecular formula is C16H18N5O2S-. The van der Waals surface area contributed by atoms with Crippen LogP contribution in [0.3, 0.4) is 0 Å². The number of aromatic nitrogens is 4. The highest BCUT2D eigenvalue weighted by Crippen LogP contribution is 2.33. The zero-order valence-electron chi connectivity index (χ0n) is 13.2. The number of hydrogen-bond acceptors (Lipinski definition) is 7. The predicted molar refractivity (Wildman–Crippen MR) is 88.8 cm³/mol. The fourth-order valence-corrected chi connectivity index (χ4v) is 3.40. The summed E-state index contributed by atoms with van der Waals surface area (Å²) in [5, 5.41) is 24.1. The zero-order valence-corrected chi connectivity index (χ0v) is 14.0. The molecule has 1 saturated carbocycles. The molecule has 0 saturated heterocycles. The Hall–Kier alpha value is -2.22. The normalized spacial score (nSPS) is 15.8. The van der Waals surface area contributed by atoms with E-state index in [-0.39, 0.29) is 5.75 Å². The summed E-state index contributed by atoms with van der Waals surface area (Å²) >= 11 is 1.08. The van der Waals surface area contributed by atoms with Crippen molar-refractivity contribution in [2.75, 3.05) is 5.75 Å². The number of nitrogens with zero attached hydrogens (tertiary/aromatic N) is 5. The van der Waals surface area contributed by atoms with E-state index in [9.17, 15) is 9.90 Å². The zero-order chi connectivity index (χ0) is 16.8. The Kier molecular flexibility index (Phi) is 5.58. The molecule has 2 heterocycles. The van der Waals surface area contributed by atoms with E-state index in [0.29, 0.717) is 11.1 Å². The molecule has 1 aliphatic rings. The quantitative estimate of drug-likeness (QED) is 0.581. The van der Waals surface area contributed by atoms with Crippen LogP contribution in [0.15, 0.2) is 34.8 Å². The molecule has 0 amide bonds. The van der Waals surface area contributed by atoms with E-state index in [0.717, 1.165) is 36.0 Å². The van der Waals surface area contributed by atoms with Crippen LogP contribution in [0.1, 0.15) is 49.4 Å². The van der Waals surface area contributed by atoms with Gasteiger partial charge in [-0.05, 0) is 30.5 Å². The maximum absolute atomic E-state index is 10.7. The molecule has 0 aromatic carbocycles. The summed E-state index contributed by atoms with van der Waals surface area (Å²) in [5.74, 6) is -0.181. The van der Waals surface area contributed by atoms with Crippen LogP contribution in [0.4, 0.5) is 0 Å². The molecule has 0 unspecified atom stereocenters. The number of carbonyl (C=O) groups is 1. The van der Waals surface area contributed by atoms with E-state index in [1.807, 2.05) is 12.1 Å². The second kappa shape index (κ2) is 8.05. The summed E-state index contributed by atoms with van der Waals surface area (Å²) in [6, 6.07) is 3.70. The van der Waals surface area contributed by atoms with Crippen LogP contribution in [0, 0.1) is 0 Å². The minimum atomic E-state index is -1.13. The molecule has 1 fully saturated rings. The lowest BCUT2D eigenvalue weighted by atomic mass is 9.89. The number of carboxylic acids is 1. The Morgan fingerprint density at radius 3 is 2.75 bits per heavy atom. The van der Waals surface area contributed by atoms with Crippen molar-refractivity contribution >= 4 is 23.9 Å². The Morgan fingerprint density at radius 2 is 2.04 bits per heavy atom. The van der Waals surface area contributed by atoms with Crippen LogP contribution in [-0.4, -0.2) is 37.8 Å². The third-order valence-electron chi connectivity index (χ3n) is 3.95. The number of hydrogen-bond donors (Lipinski definition) is 0. The molecule has 7 nitrogen and oxygen atoms in total. The van der Waals surface area contributed by atoms with Gasteiger partial charge >= 0.3 is 0 Å². The predicted octanol–water partition coefficient (Wildman–Crippen LogP) is 1.44. The van der Waals surface area contributed by atoms with Gasteiger partial charge in [-0.2, -0.15) is 9.78 Å². The minimum absolute atomic E-state index is 0.173. The van der Waals surface area contributed by atoms with Crippen LogP contribution >= 0.6 is 11.8 Å². The summed E-state index contributed by atoms with van der Waals surface area (Å²) in [4.78, 5) is 14.7. The molecule has 2 aromatic rings. The van der Waals surface area contributed by atoms with Crippen LogP contribution in [-0.2, 0) is 4.79 Å². The molecule has 1 aliphatic carbocycles. The van der Waals surface area contributed by atoms with Crippen molar-refractivity contribution in [1.29, 1.82) is 0 Å². The number of aliphatic carboxylic acids is 1. The average Bonchev–Trinajstić information content (AvgIpc) is 3.02. The maximum Gasteiger partial charge on any atom is 0.212 e. The summed E-state index contributed by atoms with van der Waals surface area (Å²) in [5.41, 5.74) is 0.907. The first-order chi connectivity index (χ1) is 11.7. The highest BCUT2D eigenvalue weighted by Gasteiger charge is 2.23. The van der Waals surface area contributed by atoms with Crippen molar-refractivity contribution in [3.05, 3.63) is 35.9 Å². The fraction of sp³-hybridized carbons (Fsp3) is 0.438. The van der Waals surface area contributed by atoms with Gasteiger partial charge in [0.1, 0.15) is 0 Å². The van der Waals surface area contributed by atoms with Crippen LogP contribution in [0.25, 0.3) is 0 Å². The van der Waals surface area contributed by atoms with Crippen molar-refractivity contribution in [3.8, 4) is 0 Å². The van der Waals surface area contributed by atoms with Crippen LogP contribution in [0.5, 0.6) is 0 Å². The summed E-state index contributed by atoms with van der Waals surface area (Å²) < 4.78 is 1.67. The summed E-state index contributed by atoms with van der Waals surface area (Å²) in [6.45, 7) is 0. The largest absolute Gasteiger partial charge is 0.549 e. The molecule has 0 radical (unpaired) electrons. The summed E-state index contributed by atoms with van der Waals surface area (Å²) in [7, 11) is 0. The van der Waals surface area contributed by atoms with E-state index in [2.05, 4.69) is 20.3 Å². The Balaban J connectivity index is 1.88. The van der Waals surface area contributed by atoms with Crippen molar-refractivity contribution in [3.63, 3.8) is 0 Å². The molecule has 24 heavy (non-hydrogen) atoms. The van der Waals surface area contributed by atoms with Crippen molar-refractivity contribution in [1.82, 2.24) is 19.9 Å². The number of pyridine rings is 1. The standard InChI is InChI=1S/C16H19N5O2S/c22-14(23)11-24-16-20-19-15(13-4-2-1-3-5-13)21(16)18-10-12-6-8-17-9-7-12/h6-10,13H,1-5,11H2,(H,22,23)/p-1/b18-10-. The van der Waals surface area contributed by atoms with Gasteiger partial charge in [-0.15, -0.1) is 10.2 Å². The first-order valence-corrected chi connectivity index (χ1v) is 8.95. The summed E-state index contributed by atoms with van der Waals surface area (Å²) in [6.07, 6.45) is 10.8. The number of thioether (sulfide) groups is 1. The van der Waals surface area contributed by atoms with Crippen molar-refractivity contribution < 1.29 is 9.90 Å². The van der Waals surface area contributed by atoms with E-state index in [1.165, 1.54) is 19.3 Å². The van der Waals surface area contributed by atoms with Gasteiger partial charge in [-0.1, -0.05) is 31.0 Å². The van der Waals surface area contributed by atoms with Gasteiger partial charge in [0.15, 0.2) is 5.82 Å². The molecular weight excluding hydrogens is 326 g/mol. The minimum Gasteiger partial charge on any atom is -0.549 e. The third kappa shape index (κ3) is 4.19. The number of carboxylic acid groups (broad SMARTS) is 1. The van der Waals surface area contributed by atoms with Gasteiger partial charge in [-0.25, -0.2) is 0 Å². The van der Waals surface area contributed by atoms with E-state index in [4.69, 9.17) is 0 Å². The first kappa shape index (κ1) is 16.6. The molecule has 126 valence electrons. The SMILES string of the molecule is O=C([O-])CSc1nnc(C2CCCCC2)n1/N=C\c1ccncc1. The van der Waals surface area contributed by atoms with E-state index < -0.39 is 5.97 Å². The van der Waals surface area contributed by atoms with Crippen molar-refractivity contribution in [2.24, 2.45) is 5.10 Å². The molecule has 0 atom stereocenters. The average molecular weight is 344 g/mol. The third-order valence-corrected chi connectivity index (χ3v) is 4.85. The lowest BCUT2D eigenvalue weighted by Crippen LogP contribution is -2.24. The van der Waals surface area contributed by atoms with Crippen LogP contribution in [0.2, 0.25) is 0 Å². The van der Waals surface area contributed by atoms with Gasteiger partial charge < -0.3 is 9.90 Å². The van der Waals surface area contributed by atoms with Crippen molar-refractivity contribution in [2.45, 2.75) is 43.2 Å². The molecule has 0 N–H and O–H groups in total. The lowest BCUT2D eigenvalue weighted by Gasteiger charge is -2.20. The molecule has 3 rings (SSSR count). The van der Waals surface area contributed by atoms with Gasteiger partial charge in [0.25, 0.3) is 0 Å². The lowest BCUT2D eigenvalue weighted by molar-refractivity contribution is -0.301. The smallest absolute Gasteiger partial charge is 0.212 e. The second-order valence-corrected chi connectivity index (χ2v) is 6.62. The highest BCUT2D eigenvalue weighted by molar-refractivity contribution is 7.99.